The molecule has 2 aromatic heterocycles. The van der Waals surface area contributed by atoms with Crippen LogP contribution in [0.5, 0.6) is 0 Å². The predicted octanol–water partition coefficient (Wildman–Crippen LogP) is 5.51. The van der Waals surface area contributed by atoms with Crippen LogP contribution in [-0.2, 0) is 0 Å². The molecule has 3 rings (SSSR count). The number of aromatic nitrogens is 2. The highest BCUT2D eigenvalue weighted by Crippen LogP contribution is 2.29. The van der Waals surface area contributed by atoms with Crippen molar-refractivity contribution in [3.8, 4) is 11.3 Å². The Hall–Kier alpha value is -2.22. The number of pyridine rings is 2. The van der Waals surface area contributed by atoms with E-state index in [4.69, 9.17) is 4.98 Å². The first-order chi connectivity index (χ1) is 10.7. The maximum Gasteiger partial charge on any atom is 0.0894 e. The van der Waals surface area contributed by atoms with Crippen LogP contribution < -0.4 is 0 Å². The minimum Gasteiger partial charge on any atom is -0.255 e. The molecule has 0 radical (unpaired) electrons. The summed E-state index contributed by atoms with van der Waals surface area (Å²) < 4.78 is 0. The highest BCUT2D eigenvalue weighted by Gasteiger charge is 2.10. The quantitative estimate of drug-likeness (QED) is 0.633. The van der Waals surface area contributed by atoms with Gasteiger partial charge in [-0.3, -0.25) is 4.98 Å². The lowest BCUT2D eigenvalue weighted by atomic mass is 9.90. The van der Waals surface area contributed by atoms with Gasteiger partial charge in [-0.05, 0) is 67.6 Å². The first-order valence-electron chi connectivity index (χ1n) is 8.05. The van der Waals surface area contributed by atoms with Crippen molar-refractivity contribution in [1.29, 1.82) is 0 Å². The molecule has 2 nitrogen and oxygen atoms in total. The summed E-state index contributed by atoms with van der Waals surface area (Å²) >= 11 is 0. The third-order valence-corrected chi connectivity index (χ3v) is 4.31. The van der Waals surface area contributed by atoms with Crippen LogP contribution in [-0.4, -0.2) is 9.97 Å². The highest BCUT2D eigenvalue weighted by molar-refractivity contribution is 5.77. The lowest BCUT2D eigenvalue weighted by Crippen LogP contribution is -1.97. The van der Waals surface area contributed by atoms with Crippen LogP contribution in [0.25, 0.3) is 22.3 Å². The van der Waals surface area contributed by atoms with Gasteiger partial charge in [-0.1, -0.05) is 25.5 Å². The largest absolute Gasteiger partial charge is 0.255 e. The van der Waals surface area contributed by atoms with Crippen molar-refractivity contribution in [3.05, 3.63) is 59.8 Å². The van der Waals surface area contributed by atoms with Gasteiger partial charge in [0.1, 0.15) is 0 Å². The van der Waals surface area contributed by atoms with E-state index in [0.29, 0.717) is 5.92 Å². The van der Waals surface area contributed by atoms with Gasteiger partial charge in [-0.2, -0.15) is 0 Å². The van der Waals surface area contributed by atoms with E-state index in [1.54, 1.807) is 0 Å². The van der Waals surface area contributed by atoms with E-state index in [1.165, 1.54) is 29.5 Å². The van der Waals surface area contributed by atoms with E-state index in [-0.39, 0.29) is 0 Å². The third kappa shape index (κ3) is 2.87. The molecular formula is C20H22N2. The summed E-state index contributed by atoms with van der Waals surface area (Å²) in [5.41, 5.74) is 6.84. The predicted molar refractivity (Wildman–Crippen MR) is 93.0 cm³/mol. The Morgan fingerprint density at radius 3 is 2.55 bits per heavy atom. The van der Waals surface area contributed by atoms with Crippen molar-refractivity contribution < 1.29 is 0 Å². The average molecular weight is 290 g/mol. The lowest BCUT2D eigenvalue weighted by Gasteiger charge is -2.15. The fraction of sp³-hybridized carbons (Fsp3) is 0.300. The number of benzene rings is 1. The van der Waals surface area contributed by atoms with Crippen molar-refractivity contribution in [2.45, 2.75) is 39.5 Å². The minimum atomic E-state index is 0.626. The highest BCUT2D eigenvalue weighted by atomic mass is 14.8. The minimum absolute atomic E-state index is 0.626. The maximum atomic E-state index is 4.78. The zero-order valence-corrected chi connectivity index (χ0v) is 13.5. The summed E-state index contributed by atoms with van der Waals surface area (Å²) in [6, 6.07) is 14.9. The zero-order chi connectivity index (χ0) is 15.5. The molecule has 0 unspecified atom stereocenters. The van der Waals surface area contributed by atoms with E-state index >= 15 is 0 Å². The van der Waals surface area contributed by atoms with E-state index in [9.17, 15) is 0 Å². The standard InChI is InChI=1S/C20H22N2/c1-4-15(5-2)16-11-14(3)12-17(13-16)18-8-9-19-20(22-18)7-6-10-21-19/h6-13,15H,4-5H2,1-3H3. The second kappa shape index (κ2) is 6.27. The molecule has 0 aliphatic rings. The molecule has 0 saturated heterocycles. The topological polar surface area (TPSA) is 25.8 Å². The summed E-state index contributed by atoms with van der Waals surface area (Å²) in [5.74, 6) is 0.626. The Bertz CT molecular complexity index is 789. The van der Waals surface area contributed by atoms with E-state index in [0.717, 1.165) is 16.7 Å². The van der Waals surface area contributed by atoms with Crippen molar-refractivity contribution in [3.63, 3.8) is 0 Å². The molecule has 0 aliphatic heterocycles. The Labute approximate surface area is 132 Å². The molecule has 0 atom stereocenters. The molecule has 0 N–H and O–H groups in total. The fourth-order valence-corrected chi connectivity index (χ4v) is 3.07. The Balaban J connectivity index is 2.09. The molecule has 0 bridgehead atoms. The zero-order valence-electron chi connectivity index (χ0n) is 13.5. The number of nitrogens with zero attached hydrogens (tertiary/aromatic N) is 2. The van der Waals surface area contributed by atoms with Crippen LogP contribution >= 0.6 is 0 Å². The van der Waals surface area contributed by atoms with E-state index < -0.39 is 0 Å². The second-order valence-electron chi connectivity index (χ2n) is 5.88. The first-order valence-corrected chi connectivity index (χ1v) is 8.05. The summed E-state index contributed by atoms with van der Waals surface area (Å²) in [4.78, 5) is 9.12. The van der Waals surface area contributed by atoms with Crippen LogP contribution in [0.15, 0.2) is 48.7 Å². The van der Waals surface area contributed by atoms with Gasteiger partial charge in [0.05, 0.1) is 16.7 Å². The van der Waals surface area contributed by atoms with Gasteiger partial charge in [-0.15, -0.1) is 0 Å². The van der Waals surface area contributed by atoms with Crippen LogP contribution in [0.4, 0.5) is 0 Å². The lowest BCUT2D eigenvalue weighted by molar-refractivity contribution is 0.641. The van der Waals surface area contributed by atoms with E-state index in [1.807, 2.05) is 18.3 Å². The van der Waals surface area contributed by atoms with Crippen LogP contribution in [0.1, 0.15) is 43.7 Å². The SMILES string of the molecule is CCC(CC)c1cc(C)cc(-c2ccc3ncccc3n2)c1. The van der Waals surface area contributed by atoms with E-state index in [2.05, 4.69) is 56.1 Å². The molecule has 22 heavy (non-hydrogen) atoms. The second-order valence-corrected chi connectivity index (χ2v) is 5.88. The fourth-order valence-electron chi connectivity index (χ4n) is 3.07. The molecule has 0 fully saturated rings. The Morgan fingerprint density at radius 1 is 0.955 bits per heavy atom. The van der Waals surface area contributed by atoms with Gasteiger partial charge < -0.3 is 0 Å². The summed E-state index contributed by atoms with van der Waals surface area (Å²) in [5, 5.41) is 0. The van der Waals surface area contributed by atoms with Crippen molar-refractivity contribution in [2.24, 2.45) is 0 Å². The maximum absolute atomic E-state index is 4.78. The van der Waals surface area contributed by atoms with Gasteiger partial charge in [0, 0.05) is 11.8 Å². The van der Waals surface area contributed by atoms with Gasteiger partial charge >= 0.3 is 0 Å². The summed E-state index contributed by atoms with van der Waals surface area (Å²) in [6.07, 6.45) is 4.16. The number of aryl methyl sites for hydroxylation is 1. The molecule has 2 heteroatoms. The molecule has 2 heterocycles. The smallest absolute Gasteiger partial charge is 0.0894 e. The van der Waals surface area contributed by atoms with Gasteiger partial charge in [-0.25, -0.2) is 4.98 Å². The van der Waals surface area contributed by atoms with Gasteiger partial charge in [0.2, 0.25) is 0 Å². The van der Waals surface area contributed by atoms with Gasteiger partial charge in [0.25, 0.3) is 0 Å². The Morgan fingerprint density at radius 2 is 1.77 bits per heavy atom. The average Bonchev–Trinajstić information content (AvgIpc) is 2.55. The molecule has 0 amide bonds. The molecule has 3 aromatic rings. The molecular weight excluding hydrogens is 268 g/mol. The number of rotatable bonds is 4. The monoisotopic (exact) mass is 290 g/mol. The number of hydrogen-bond donors (Lipinski definition) is 0. The van der Waals surface area contributed by atoms with Crippen molar-refractivity contribution in [2.75, 3.05) is 0 Å². The summed E-state index contributed by atoms with van der Waals surface area (Å²) in [7, 11) is 0. The number of fused-ring (bicyclic) bond motifs is 1. The molecule has 0 saturated carbocycles. The number of hydrogen-bond acceptors (Lipinski definition) is 2. The molecule has 1 aromatic carbocycles. The normalized spacial score (nSPS) is 11.3. The summed E-state index contributed by atoms with van der Waals surface area (Å²) in [6.45, 7) is 6.68. The Kier molecular flexibility index (Phi) is 4.19. The third-order valence-electron chi connectivity index (χ3n) is 4.31. The van der Waals surface area contributed by atoms with Crippen molar-refractivity contribution in [1.82, 2.24) is 9.97 Å². The molecule has 0 aliphatic carbocycles. The van der Waals surface area contributed by atoms with Crippen molar-refractivity contribution >= 4 is 11.0 Å². The first kappa shape index (κ1) is 14.7. The van der Waals surface area contributed by atoms with Gasteiger partial charge in [0.15, 0.2) is 0 Å². The van der Waals surface area contributed by atoms with Crippen LogP contribution in [0.2, 0.25) is 0 Å². The van der Waals surface area contributed by atoms with Crippen LogP contribution in [0, 0.1) is 6.92 Å². The van der Waals surface area contributed by atoms with Crippen LogP contribution in [0.3, 0.4) is 0 Å². The molecule has 0 spiro atoms. The molecule has 112 valence electrons.